The Morgan fingerprint density at radius 1 is 1.30 bits per heavy atom. The Morgan fingerprint density at radius 3 is 2.75 bits per heavy atom. The van der Waals surface area contributed by atoms with Crippen molar-refractivity contribution >= 4 is 11.6 Å². The lowest BCUT2D eigenvalue weighted by molar-refractivity contribution is 0.288. The smallest absolute Gasteiger partial charge is 0.119 e. The van der Waals surface area contributed by atoms with Crippen LogP contribution in [0.4, 0.5) is 0 Å². The van der Waals surface area contributed by atoms with Crippen LogP contribution in [0.2, 0.25) is 5.02 Å². The third kappa shape index (κ3) is 3.95. The highest BCUT2D eigenvalue weighted by atomic mass is 35.5. The van der Waals surface area contributed by atoms with Gasteiger partial charge in [-0.2, -0.15) is 0 Å². The van der Waals surface area contributed by atoms with Gasteiger partial charge in [0.05, 0.1) is 17.9 Å². The minimum Gasteiger partial charge on any atom is -0.492 e. The van der Waals surface area contributed by atoms with E-state index in [1.54, 1.807) is 0 Å². The molecule has 0 aliphatic rings. The van der Waals surface area contributed by atoms with E-state index in [0.29, 0.717) is 24.7 Å². The van der Waals surface area contributed by atoms with Gasteiger partial charge in [0.2, 0.25) is 0 Å². The lowest BCUT2D eigenvalue weighted by Crippen LogP contribution is -2.11. The number of nitrogens with zero attached hydrogens (tertiary/aromatic N) is 3. The van der Waals surface area contributed by atoms with Gasteiger partial charge in [0, 0.05) is 5.02 Å². The molecule has 0 spiro atoms. The molecule has 2 aromatic rings. The van der Waals surface area contributed by atoms with E-state index < -0.39 is 0 Å². The van der Waals surface area contributed by atoms with E-state index in [4.69, 9.17) is 22.1 Å². The van der Waals surface area contributed by atoms with Gasteiger partial charge >= 0.3 is 0 Å². The molecular weight excluding hydrogens is 276 g/mol. The average Bonchev–Trinajstić information content (AvgIpc) is 2.80. The lowest BCUT2D eigenvalue weighted by atomic mass is 10.2. The van der Waals surface area contributed by atoms with Crippen molar-refractivity contribution < 1.29 is 4.74 Å². The second-order valence-electron chi connectivity index (χ2n) is 4.54. The largest absolute Gasteiger partial charge is 0.492 e. The molecule has 2 rings (SSSR count). The summed E-state index contributed by atoms with van der Waals surface area (Å²) in [7, 11) is 0. The van der Waals surface area contributed by atoms with Crippen LogP contribution < -0.4 is 10.5 Å². The molecule has 108 valence electrons. The number of aryl methyl sites for hydroxylation is 1. The van der Waals surface area contributed by atoms with Crippen LogP contribution in [0, 0.1) is 6.92 Å². The van der Waals surface area contributed by atoms with Gasteiger partial charge in [0.15, 0.2) is 0 Å². The molecule has 0 aliphatic carbocycles. The molecule has 0 radical (unpaired) electrons. The molecule has 0 saturated heterocycles. The van der Waals surface area contributed by atoms with Gasteiger partial charge < -0.3 is 10.5 Å². The van der Waals surface area contributed by atoms with E-state index in [1.807, 2.05) is 35.9 Å². The highest BCUT2D eigenvalue weighted by Crippen LogP contribution is 2.15. The Morgan fingerprint density at radius 2 is 2.05 bits per heavy atom. The summed E-state index contributed by atoms with van der Waals surface area (Å²) in [5.41, 5.74) is 7.60. The van der Waals surface area contributed by atoms with Crippen LogP contribution in [0.3, 0.4) is 0 Å². The van der Waals surface area contributed by atoms with Gasteiger partial charge in [0.25, 0.3) is 0 Å². The summed E-state index contributed by atoms with van der Waals surface area (Å²) in [6.45, 7) is 3.91. The SMILES string of the molecule is Cc1c(CCCN)nnn1CCOc1ccc(Cl)cc1. The van der Waals surface area contributed by atoms with Crippen molar-refractivity contribution in [3.05, 3.63) is 40.7 Å². The van der Waals surface area contributed by atoms with Gasteiger partial charge in [-0.25, -0.2) is 4.68 Å². The Labute approximate surface area is 123 Å². The van der Waals surface area contributed by atoms with E-state index in [0.717, 1.165) is 30.0 Å². The van der Waals surface area contributed by atoms with Gasteiger partial charge in [0.1, 0.15) is 12.4 Å². The molecular formula is C14H19ClN4O. The van der Waals surface area contributed by atoms with Crippen LogP contribution in [0.15, 0.2) is 24.3 Å². The number of benzene rings is 1. The van der Waals surface area contributed by atoms with E-state index in [-0.39, 0.29) is 0 Å². The molecule has 5 nitrogen and oxygen atoms in total. The second kappa shape index (κ2) is 7.26. The fourth-order valence-corrected chi connectivity index (χ4v) is 2.02. The summed E-state index contributed by atoms with van der Waals surface area (Å²) >= 11 is 5.82. The number of hydrogen-bond acceptors (Lipinski definition) is 4. The van der Waals surface area contributed by atoms with Crippen molar-refractivity contribution in [1.82, 2.24) is 15.0 Å². The first-order valence-corrected chi connectivity index (χ1v) is 7.06. The van der Waals surface area contributed by atoms with Gasteiger partial charge in [-0.05, 0) is 50.6 Å². The molecule has 2 N–H and O–H groups in total. The maximum atomic E-state index is 5.82. The molecule has 0 amide bonds. The Bertz CT molecular complexity index is 539. The van der Waals surface area contributed by atoms with Crippen LogP contribution in [0.1, 0.15) is 17.8 Å². The first-order chi connectivity index (χ1) is 9.70. The summed E-state index contributed by atoms with van der Waals surface area (Å²) < 4.78 is 7.51. The molecule has 0 saturated carbocycles. The van der Waals surface area contributed by atoms with E-state index in [1.165, 1.54) is 0 Å². The summed E-state index contributed by atoms with van der Waals surface area (Å²) in [5.74, 6) is 0.801. The number of ether oxygens (including phenoxy) is 1. The third-order valence-corrected chi connectivity index (χ3v) is 3.33. The molecule has 6 heteroatoms. The Kier molecular flexibility index (Phi) is 5.38. The first-order valence-electron chi connectivity index (χ1n) is 6.68. The Hall–Kier alpha value is -1.59. The summed E-state index contributed by atoms with van der Waals surface area (Å²) in [4.78, 5) is 0. The molecule has 0 atom stereocenters. The van der Waals surface area contributed by atoms with Crippen LogP contribution in [-0.2, 0) is 13.0 Å². The van der Waals surface area contributed by atoms with Crippen LogP contribution in [-0.4, -0.2) is 28.1 Å². The molecule has 1 aromatic carbocycles. The van der Waals surface area contributed by atoms with Crippen molar-refractivity contribution in [2.75, 3.05) is 13.2 Å². The summed E-state index contributed by atoms with van der Waals surface area (Å²) in [5, 5.41) is 9.02. The van der Waals surface area contributed by atoms with Gasteiger partial charge in [-0.3, -0.25) is 0 Å². The van der Waals surface area contributed by atoms with Crippen LogP contribution in [0.5, 0.6) is 5.75 Å². The van der Waals surface area contributed by atoms with Crippen LogP contribution in [0.25, 0.3) is 0 Å². The fraction of sp³-hybridized carbons (Fsp3) is 0.429. The number of rotatable bonds is 7. The first kappa shape index (κ1) is 14.8. The number of halogens is 1. The van der Waals surface area contributed by atoms with Crippen molar-refractivity contribution in [3.8, 4) is 5.75 Å². The predicted octanol–water partition coefficient (Wildman–Crippen LogP) is 2.21. The summed E-state index contributed by atoms with van der Waals surface area (Å²) in [6.07, 6.45) is 1.81. The molecule has 0 unspecified atom stereocenters. The summed E-state index contributed by atoms with van der Waals surface area (Å²) in [6, 6.07) is 7.32. The molecule has 1 aromatic heterocycles. The number of hydrogen-bond donors (Lipinski definition) is 1. The van der Waals surface area contributed by atoms with Crippen molar-refractivity contribution in [3.63, 3.8) is 0 Å². The highest BCUT2D eigenvalue weighted by molar-refractivity contribution is 6.30. The minimum atomic E-state index is 0.544. The normalized spacial score (nSPS) is 10.8. The highest BCUT2D eigenvalue weighted by Gasteiger charge is 2.07. The van der Waals surface area contributed by atoms with E-state index in [9.17, 15) is 0 Å². The number of aromatic nitrogens is 3. The quantitative estimate of drug-likeness (QED) is 0.850. The van der Waals surface area contributed by atoms with Gasteiger partial charge in [-0.1, -0.05) is 16.8 Å². The van der Waals surface area contributed by atoms with Crippen molar-refractivity contribution in [2.45, 2.75) is 26.3 Å². The van der Waals surface area contributed by atoms with Crippen molar-refractivity contribution in [1.29, 1.82) is 0 Å². The number of nitrogens with two attached hydrogens (primary N) is 1. The average molecular weight is 295 g/mol. The zero-order valence-corrected chi connectivity index (χ0v) is 12.3. The third-order valence-electron chi connectivity index (χ3n) is 3.08. The molecule has 1 heterocycles. The predicted molar refractivity (Wildman–Crippen MR) is 79.1 cm³/mol. The van der Waals surface area contributed by atoms with Crippen LogP contribution >= 0.6 is 11.6 Å². The maximum Gasteiger partial charge on any atom is 0.119 e. The second-order valence-corrected chi connectivity index (χ2v) is 4.98. The lowest BCUT2D eigenvalue weighted by Gasteiger charge is -2.07. The fourth-order valence-electron chi connectivity index (χ4n) is 1.89. The van der Waals surface area contributed by atoms with Crippen molar-refractivity contribution in [2.24, 2.45) is 5.73 Å². The van der Waals surface area contributed by atoms with E-state index >= 15 is 0 Å². The van der Waals surface area contributed by atoms with Gasteiger partial charge in [-0.15, -0.1) is 5.10 Å². The standard InChI is InChI=1S/C14H19ClN4O/c1-11-14(3-2-8-16)17-18-19(11)9-10-20-13-6-4-12(15)5-7-13/h4-7H,2-3,8-10,16H2,1H3. The minimum absolute atomic E-state index is 0.544. The topological polar surface area (TPSA) is 66.0 Å². The maximum absolute atomic E-state index is 5.82. The monoisotopic (exact) mass is 294 g/mol. The molecule has 0 fully saturated rings. The zero-order chi connectivity index (χ0) is 14.4. The zero-order valence-electron chi connectivity index (χ0n) is 11.6. The molecule has 0 bridgehead atoms. The Balaban J connectivity index is 1.85. The van der Waals surface area contributed by atoms with E-state index in [2.05, 4.69) is 10.3 Å². The molecule has 0 aliphatic heterocycles. The molecule has 20 heavy (non-hydrogen) atoms.